The fourth-order valence-electron chi connectivity index (χ4n) is 0. The molecular formula is C4H14N2O4S. The average Bonchev–Trinajstić information content (AvgIpc) is 1.59. The third-order valence-corrected chi connectivity index (χ3v) is 0.612. The van der Waals surface area contributed by atoms with Crippen LogP contribution in [0.15, 0.2) is 0 Å². The van der Waals surface area contributed by atoms with E-state index in [-0.39, 0.29) is 0 Å². The third kappa shape index (κ3) is 76.3. The maximum Gasteiger partial charge on any atom is 0.217 e. The predicted molar refractivity (Wildman–Crippen MR) is 38.9 cm³/mol. The minimum absolute atomic E-state index is 0.500. The molecule has 11 heavy (non-hydrogen) atoms. The van der Waals surface area contributed by atoms with Crippen molar-refractivity contribution >= 4 is 10.4 Å². The molecule has 0 bridgehead atoms. The first-order chi connectivity index (χ1) is 4.56. The zero-order valence-corrected chi connectivity index (χ0v) is 7.88. The minimum atomic E-state index is -4.41. The van der Waals surface area contributed by atoms with E-state index in [1.165, 1.54) is 0 Å². The lowest BCUT2D eigenvalue weighted by molar-refractivity contribution is -0.882. The Morgan fingerprint density at radius 3 is 1.45 bits per heavy atom. The molecular weight excluding hydrogens is 172 g/mol. The molecule has 0 heterocycles. The molecule has 0 aliphatic carbocycles. The Kier molecular flexibility index (Phi) is 5.63. The highest BCUT2D eigenvalue weighted by molar-refractivity contribution is 7.80. The van der Waals surface area contributed by atoms with Crippen molar-refractivity contribution in [1.82, 2.24) is 0 Å². The van der Waals surface area contributed by atoms with Crippen LogP contribution in [0.4, 0.5) is 0 Å². The summed E-state index contributed by atoms with van der Waals surface area (Å²) in [6.45, 7) is 0. The Balaban J connectivity index is 0. The maximum absolute atomic E-state index is 9.22. The number of hydrogen-bond donors (Lipinski definition) is 1. The Labute approximate surface area is 67.1 Å². The molecule has 0 aromatic carbocycles. The monoisotopic (exact) mass is 186 g/mol. The van der Waals surface area contributed by atoms with Crippen LogP contribution in [0.3, 0.4) is 0 Å². The van der Waals surface area contributed by atoms with Crippen LogP contribution in [0, 0.1) is 0 Å². The van der Waals surface area contributed by atoms with Gasteiger partial charge in [0.05, 0.1) is 28.3 Å². The van der Waals surface area contributed by atoms with E-state index < -0.39 is 10.4 Å². The molecule has 0 aromatic heterocycles. The lowest BCUT2D eigenvalue weighted by Gasteiger charge is -2.12. The average molecular weight is 186 g/mol. The van der Waals surface area contributed by atoms with Crippen LogP contribution in [0.5, 0.6) is 0 Å². The Morgan fingerprint density at radius 1 is 1.36 bits per heavy atom. The summed E-state index contributed by atoms with van der Waals surface area (Å²) in [6.07, 6.45) is 0. The molecule has 0 saturated carbocycles. The molecule has 70 valence electrons. The van der Waals surface area contributed by atoms with E-state index in [0.29, 0.717) is 4.59 Å². The van der Waals surface area contributed by atoms with Crippen molar-refractivity contribution in [1.29, 1.82) is 0 Å². The van der Waals surface area contributed by atoms with Crippen molar-refractivity contribution < 1.29 is 21.7 Å². The molecule has 0 aliphatic heterocycles. The van der Waals surface area contributed by atoms with Gasteiger partial charge in [-0.15, -0.1) is 0 Å². The largest absolute Gasteiger partial charge is 0.726 e. The van der Waals surface area contributed by atoms with Crippen molar-refractivity contribution in [2.45, 2.75) is 0 Å². The standard InChI is InChI=1S/C3H11N2.CH4O4S/c1-5(2,3)4;1-5-6(2,3)4/h4H2,1-3H3;1H3,(H,2,3,4)/q+1;/p-1. The number of rotatable bonds is 1. The summed E-state index contributed by atoms with van der Waals surface area (Å²) in [5, 5.41) is 0. The summed E-state index contributed by atoms with van der Waals surface area (Å²) < 4.78 is 31.5. The summed E-state index contributed by atoms with van der Waals surface area (Å²) >= 11 is 0. The molecule has 2 N–H and O–H groups in total. The van der Waals surface area contributed by atoms with Gasteiger partial charge < -0.3 is 4.55 Å². The molecule has 0 atom stereocenters. The van der Waals surface area contributed by atoms with Gasteiger partial charge in [0, 0.05) is 0 Å². The van der Waals surface area contributed by atoms with Crippen LogP contribution in [0.1, 0.15) is 0 Å². The molecule has 0 amide bonds. The first-order valence-electron chi connectivity index (χ1n) is 2.67. The van der Waals surface area contributed by atoms with Crippen molar-refractivity contribution in [3.63, 3.8) is 0 Å². The van der Waals surface area contributed by atoms with Crippen LogP contribution in [0.2, 0.25) is 0 Å². The van der Waals surface area contributed by atoms with Gasteiger partial charge >= 0.3 is 0 Å². The van der Waals surface area contributed by atoms with E-state index in [1.54, 1.807) is 0 Å². The molecule has 0 saturated heterocycles. The van der Waals surface area contributed by atoms with Gasteiger partial charge in [0.25, 0.3) is 0 Å². The topological polar surface area (TPSA) is 92.5 Å². The van der Waals surface area contributed by atoms with Crippen LogP contribution in [0.25, 0.3) is 0 Å². The Bertz CT molecular complexity index is 175. The lowest BCUT2D eigenvalue weighted by Crippen LogP contribution is -2.41. The van der Waals surface area contributed by atoms with Crippen LogP contribution in [-0.4, -0.2) is 45.8 Å². The molecule has 0 fully saturated rings. The maximum atomic E-state index is 9.22. The zero-order chi connectivity index (χ0) is 9.71. The fraction of sp³-hybridized carbons (Fsp3) is 1.00. The van der Waals surface area contributed by atoms with E-state index in [9.17, 15) is 13.0 Å². The summed E-state index contributed by atoms with van der Waals surface area (Å²) in [5.41, 5.74) is 0. The summed E-state index contributed by atoms with van der Waals surface area (Å²) in [6, 6.07) is 0. The Hall–Kier alpha value is -0.210. The number of quaternary nitrogens is 1. The van der Waals surface area contributed by atoms with E-state index in [4.69, 9.17) is 5.84 Å². The second kappa shape index (κ2) is 4.62. The normalized spacial score (nSPS) is 11.8. The van der Waals surface area contributed by atoms with Crippen molar-refractivity contribution in [2.75, 3.05) is 28.3 Å². The zero-order valence-electron chi connectivity index (χ0n) is 7.07. The van der Waals surface area contributed by atoms with Gasteiger partial charge in [-0.1, -0.05) is 0 Å². The third-order valence-electron chi connectivity index (χ3n) is 0.204. The van der Waals surface area contributed by atoms with E-state index in [0.717, 1.165) is 7.11 Å². The van der Waals surface area contributed by atoms with Crippen molar-refractivity contribution in [2.24, 2.45) is 5.84 Å². The van der Waals surface area contributed by atoms with E-state index in [2.05, 4.69) is 4.18 Å². The predicted octanol–water partition coefficient (Wildman–Crippen LogP) is -1.34. The molecule has 0 rings (SSSR count). The van der Waals surface area contributed by atoms with Gasteiger partial charge in [0.1, 0.15) is 0 Å². The quantitative estimate of drug-likeness (QED) is 0.180. The highest BCUT2D eigenvalue weighted by Gasteiger charge is 1.89. The second-order valence-corrected chi connectivity index (χ2v) is 3.84. The van der Waals surface area contributed by atoms with Gasteiger partial charge in [0.15, 0.2) is 0 Å². The van der Waals surface area contributed by atoms with Crippen molar-refractivity contribution in [3.8, 4) is 0 Å². The fourth-order valence-corrected chi connectivity index (χ4v) is 0. The number of hydrogen-bond acceptors (Lipinski definition) is 5. The molecule has 0 spiro atoms. The number of nitrogens with two attached hydrogens (primary N) is 1. The van der Waals surface area contributed by atoms with Gasteiger partial charge in [0.2, 0.25) is 10.4 Å². The highest BCUT2D eigenvalue weighted by Crippen LogP contribution is 1.74. The SMILES string of the molecule is COS(=O)(=O)[O-].C[N+](C)(C)N. The summed E-state index contributed by atoms with van der Waals surface area (Å²) in [4.78, 5) is 0. The summed E-state index contributed by atoms with van der Waals surface area (Å²) in [7, 11) is 2.10. The lowest BCUT2D eigenvalue weighted by atomic mass is 10.9. The van der Waals surface area contributed by atoms with E-state index in [1.807, 2.05) is 21.1 Å². The second-order valence-electron chi connectivity index (χ2n) is 2.69. The van der Waals surface area contributed by atoms with Crippen molar-refractivity contribution in [3.05, 3.63) is 0 Å². The van der Waals surface area contributed by atoms with Gasteiger partial charge in [-0.3, -0.25) is 8.78 Å². The molecule has 7 heteroatoms. The number of nitrogens with zero attached hydrogens (tertiary/aromatic N) is 1. The molecule has 6 nitrogen and oxygen atoms in total. The van der Waals surface area contributed by atoms with Crippen LogP contribution < -0.4 is 5.84 Å². The molecule has 0 aliphatic rings. The molecule has 0 unspecified atom stereocenters. The first-order valence-corrected chi connectivity index (χ1v) is 4.01. The summed E-state index contributed by atoms with van der Waals surface area (Å²) in [5.74, 6) is 5.29. The minimum Gasteiger partial charge on any atom is -0.726 e. The highest BCUT2D eigenvalue weighted by atomic mass is 32.3. The van der Waals surface area contributed by atoms with Gasteiger partial charge in [-0.2, -0.15) is 5.84 Å². The van der Waals surface area contributed by atoms with Gasteiger partial charge in [-0.05, 0) is 0 Å². The molecule has 0 radical (unpaired) electrons. The first kappa shape index (κ1) is 13.4. The molecule has 0 aromatic rings. The smallest absolute Gasteiger partial charge is 0.217 e. The van der Waals surface area contributed by atoms with Crippen LogP contribution >= 0.6 is 0 Å². The van der Waals surface area contributed by atoms with Gasteiger partial charge in [-0.25, -0.2) is 8.42 Å². The van der Waals surface area contributed by atoms with E-state index >= 15 is 0 Å². The van der Waals surface area contributed by atoms with Crippen LogP contribution in [-0.2, 0) is 14.6 Å². The Morgan fingerprint density at radius 2 is 1.45 bits per heavy atom.